The minimum Gasteiger partial charge on any atom is -0.491 e. The zero-order valence-corrected chi connectivity index (χ0v) is 19.3. The van der Waals surface area contributed by atoms with E-state index < -0.39 is 23.3 Å². The van der Waals surface area contributed by atoms with Crippen molar-refractivity contribution in [2.75, 3.05) is 6.61 Å². The lowest BCUT2D eigenvalue weighted by atomic mass is 9.82. The number of hydrogen-bond acceptors (Lipinski definition) is 2. The van der Waals surface area contributed by atoms with Crippen molar-refractivity contribution in [3.05, 3.63) is 88.5 Å². The maximum atomic E-state index is 14.7. The molecule has 34 heavy (non-hydrogen) atoms. The molecule has 1 fully saturated rings. The molecule has 2 nitrogen and oxygen atoms in total. The second kappa shape index (κ2) is 10.6. The summed E-state index contributed by atoms with van der Waals surface area (Å²) in [5.41, 5.74) is 2.38. The summed E-state index contributed by atoms with van der Waals surface area (Å²) in [6.07, 6.45) is 2.36. The molecular formula is C28H28F4O2. The molecule has 0 bridgehead atoms. The van der Waals surface area contributed by atoms with Crippen LogP contribution in [0.4, 0.5) is 17.6 Å². The van der Waals surface area contributed by atoms with Crippen LogP contribution in [-0.4, -0.2) is 12.7 Å². The second-order valence-electron chi connectivity index (χ2n) is 8.76. The van der Waals surface area contributed by atoms with Gasteiger partial charge in [0.2, 0.25) is 5.82 Å². The molecule has 0 aliphatic heterocycles. The van der Waals surface area contributed by atoms with Crippen molar-refractivity contribution >= 4 is 0 Å². The Balaban J connectivity index is 1.36. The Kier molecular flexibility index (Phi) is 7.57. The first kappa shape index (κ1) is 24.3. The lowest BCUT2D eigenvalue weighted by Gasteiger charge is -2.29. The van der Waals surface area contributed by atoms with Crippen LogP contribution in [0.2, 0.25) is 0 Å². The average Bonchev–Trinajstić information content (AvgIpc) is 2.84. The minimum absolute atomic E-state index is 0.0433. The fourth-order valence-corrected chi connectivity index (χ4v) is 4.53. The predicted molar refractivity (Wildman–Crippen MR) is 124 cm³/mol. The molecule has 0 spiro atoms. The van der Waals surface area contributed by atoms with E-state index in [1.54, 1.807) is 37.3 Å². The largest absolute Gasteiger partial charge is 0.491 e. The molecule has 0 heterocycles. The van der Waals surface area contributed by atoms with E-state index in [4.69, 9.17) is 9.47 Å². The molecule has 3 aromatic rings. The van der Waals surface area contributed by atoms with Crippen molar-refractivity contribution in [1.29, 1.82) is 0 Å². The van der Waals surface area contributed by atoms with Gasteiger partial charge < -0.3 is 9.47 Å². The Morgan fingerprint density at radius 3 is 2.15 bits per heavy atom. The maximum absolute atomic E-state index is 14.7. The van der Waals surface area contributed by atoms with E-state index in [-0.39, 0.29) is 42.1 Å². The van der Waals surface area contributed by atoms with Crippen LogP contribution < -0.4 is 4.74 Å². The zero-order chi connectivity index (χ0) is 24.2. The molecular weight excluding hydrogens is 444 g/mol. The highest BCUT2D eigenvalue weighted by atomic mass is 19.2. The normalized spacial score (nSPS) is 18.2. The van der Waals surface area contributed by atoms with Gasteiger partial charge in [-0.1, -0.05) is 48.0 Å². The van der Waals surface area contributed by atoms with Crippen LogP contribution in [0.3, 0.4) is 0 Å². The fourth-order valence-electron chi connectivity index (χ4n) is 4.53. The summed E-state index contributed by atoms with van der Waals surface area (Å²) >= 11 is 0. The number of ether oxygens (including phenoxy) is 2. The molecule has 6 heteroatoms. The first-order valence-electron chi connectivity index (χ1n) is 11.6. The van der Waals surface area contributed by atoms with Gasteiger partial charge in [-0.2, -0.15) is 4.39 Å². The number of halogens is 4. The van der Waals surface area contributed by atoms with E-state index in [1.165, 1.54) is 6.07 Å². The van der Waals surface area contributed by atoms with E-state index in [0.717, 1.165) is 5.56 Å². The van der Waals surface area contributed by atoms with Gasteiger partial charge in [-0.05, 0) is 62.6 Å². The first-order chi connectivity index (χ1) is 16.4. The van der Waals surface area contributed by atoms with Crippen molar-refractivity contribution < 1.29 is 27.0 Å². The molecule has 0 saturated heterocycles. The van der Waals surface area contributed by atoms with Gasteiger partial charge in [-0.25, -0.2) is 13.2 Å². The lowest BCUT2D eigenvalue weighted by Crippen LogP contribution is -2.21. The molecule has 4 rings (SSSR count). The highest BCUT2D eigenvalue weighted by molar-refractivity contribution is 5.65. The summed E-state index contributed by atoms with van der Waals surface area (Å²) in [5, 5.41) is 0. The number of benzene rings is 3. The van der Waals surface area contributed by atoms with Crippen LogP contribution in [-0.2, 0) is 11.3 Å². The lowest BCUT2D eigenvalue weighted by molar-refractivity contribution is 0.0116. The third kappa shape index (κ3) is 5.12. The number of aryl methyl sites for hydroxylation is 1. The van der Waals surface area contributed by atoms with E-state index in [1.807, 2.05) is 19.1 Å². The first-order valence-corrected chi connectivity index (χ1v) is 11.6. The summed E-state index contributed by atoms with van der Waals surface area (Å²) in [4.78, 5) is 0. The molecule has 1 aliphatic carbocycles. The summed E-state index contributed by atoms with van der Waals surface area (Å²) in [6.45, 7) is 3.86. The highest BCUT2D eigenvalue weighted by Gasteiger charge is 2.27. The van der Waals surface area contributed by atoms with Crippen LogP contribution >= 0.6 is 0 Å². The molecule has 0 N–H and O–H groups in total. The topological polar surface area (TPSA) is 18.5 Å². The van der Waals surface area contributed by atoms with E-state index in [2.05, 4.69) is 0 Å². The van der Waals surface area contributed by atoms with Gasteiger partial charge in [0.1, 0.15) is 0 Å². The van der Waals surface area contributed by atoms with Gasteiger partial charge in [0.15, 0.2) is 23.2 Å². The summed E-state index contributed by atoms with van der Waals surface area (Å²) < 4.78 is 69.1. The third-order valence-corrected chi connectivity index (χ3v) is 6.49. The minimum atomic E-state index is -0.954. The Labute approximate surface area is 197 Å². The van der Waals surface area contributed by atoms with Gasteiger partial charge in [0.05, 0.1) is 19.3 Å². The van der Waals surface area contributed by atoms with Crippen LogP contribution in [0, 0.1) is 30.2 Å². The fraction of sp³-hybridized carbons (Fsp3) is 0.357. The van der Waals surface area contributed by atoms with Crippen molar-refractivity contribution in [2.45, 2.75) is 58.2 Å². The maximum Gasteiger partial charge on any atom is 0.200 e. The van der Waals surface area contributed by atoms with E-state index >= 15 is 0 Å². The van der Waals surface area contributed by atoms with Crippen LogP contribution in [0.25, 0.3) is 11.1 Å². The number of hydrogen-bond donors (Lipinski definition) is 0. The van der Waals surface area contributed by atoms with Crippen molar-refractivity contribution in [3.8, 4) is 16.9 Å². The molecule has 1 saturated carbocycles. The van der Waals surface area contributed by atoms with Gasteiger partial charge in [0.25, 0.3) is 0 Å². The summed E-state index contributed by atoms with van der Waals surface area (Å²) in [7, 11) is 0. The average molecular weight is 473 g/mol. The van der Waals surface area contributed by atoms with Crippen LogP contribution in [0.15, 0.2) is 48.5 Å². The number of rotatable bonds is 7. The molecule has 180 valence electrons. The van der Waals surface area contributed by atoms with E-state index in [0.29, 0.717) is 36.8 Å². The van der Waals surface area contributed by atoms with Gasteiger partial charge >= 0.3 is 0 Å². The Hall–Kier alpha value is -2.86. The van der Waals surface area contributed by atoms with Gasteiger partial charge in [-0.15, -0.1) is 0 Å². The SMILES string of the molecule is CCOc1ccc(C2CCC(OCc3ccc(-c4ccc(C)cc4)c(F)c3F)CC2)c(F)c1F. The van der Waals surface area contributed by atoms with E-state index in [9.17, 15) is 17.6 Å². The van der Waals surface area contributed by atoms with Crippen molar-refractivity contribution in [2.24, 2.45) is 0 Å². The van der Waals surface area contributed by atoms with Gasteiger partial charge in [0, 0.05) is 11.1 Å². The quantitative estimate of drug-likeness (QED) is 0.326. The highest BCUT2D eigenvalue weighted by Crippen LogP contribution is 2.38. The van der Waals surface area contributed by atoms with Crippen molar-refractivity contribution in [1.82, 2.24) is 0 Å². The molecule has 0 radical (unpaired) electrons. The Morgan fingerprint density at radius 2 is 1.47 bits per heavy atom. The Bertz CT molecular complexity index is 1140. The standard InChI is InChI=1S/C28H28F4O2/c1-3-33-24-15-14-23(27(31)28(24)32)19-8-11-21(12-9-19)34-16-20-10-13-22(26(30)25(20)29)18-6-4-17(2)5-7-18/h4-7,10,13-15,19,21H,3,8-9,11-12,16H2,1-2H3. The molecule has 3 aromatic carbocycles. The molecule has 1 aliphatic rings. The summed E-state index contributed by atoms with van der Waals surface area (Å²) in [6, 6.07) is 13.4. The Morgan fingerprint density at radius 1 is 0.765 bits per heavy atom. The monoisotopic (exact) mass is 472 g/mol. The van der Waals surface area contributed by atoms with Crippen molar-refractivity contribution in [3.63, 3.8) is 0 Å². The van der Waals surface area contributed by atoms with Crippen LogP contribution in [0.1, 0.15) is 55.2 Å². The van der Waals surface area contributed by atoms with Gasteiger partial charge in [-0.3, -0.25) is 0 Å². The third-order valence-electron chi connectivity index (χ3n) is 6.49. The second-order valence-corrected chi connectivity index (χ2v) is 8.76. The summed E-state index contributed by atoms with van der Waals surface area (Å²) in [5.74, 6) is -3.80. The molecule has 0 aromatic heterocycles. The predicted octanol–water partition coefficient (Wildman–Crippen LogP) is 7.86. The molecule has 0 amide bonds. The van der Waals surface area contributed by atoms with Crippen LogP contribution in [0.5, 0.6) is 5.75 Å². The zero-order valence-electron chi connectivity index (χ0n) is 19.3. The molecule has 0 unspecified atom stereocenters. The smallest absolute Gasteiger partial charge is 0.200 e. The molecule has 0 atom stereocenters.